The van der Waals surface area contributed by atoms with Gasteiger partial charge in [-0.2, -0.15) is 0 Å². The van der Waals surface area contributed by atoms with Crippen LogP contribution in [0.5, 0.6) is 0 Å². The van der Waals surface area contributed by atoms with Gasteiger partial charge in [0.05, 0.1) is 0 Å². The van der Waals surface area contributed by atoms with Crippen LogP contribution in [0.25, 0.3) is 0 Å². The molecule has 1 aromatic carbocycles. The standard InChI is InChI=1S/C13H17BrFN/c14-13-6-5-11(15)8-10(13)9-12-4-2-1-3-7-16-12/h5-6,8,12,16H,1-4,7,9H2. The fraction of sp³-hybridized carbons (Fsp3) is 0.538. The number of rotatable bonds is 2. The zero-order valence-corrected chi connectivity index (χ0v) is 10.9. The highest BCUT2D eigenvalue weighted by Crippen LogP contribution is 2.21. The lowest BCUT2D eigenvalue weighted by Gasteiger charge is -2.16. The summed E-state index contributed by atoms with van der Waals surface area (Å²) in [7, 11) is 0. The minimum Gasteiger partial charge on any atom is -0.314 e. The summed E-state index contributed by atoms with van der Waals surface area (Å²) in [5.41, 5.74) is 1.07. The van der Waals surface area contributed by atoms with Gasteiger partial charge in [-0.3, -0.25) is 0 Å². The van der Waals surface area contributed by atoms with E-state index >= 15 is 0 Å². The van der Waals surface area contributed by atoms with E-state index in [0.717, 1.165) is 23.0 Å². The molecule has 0 saturated carbocycles. The van der Waals surface area contributed by atoms with E-state index in [1.165, 1.54) is 31.7 Å². The van der Waals surface area contributed by atoms with Gasteiger partial charge < -0.3 is 5.32 Å². The predicted molar refractivity (Wildman–Crippen MR) is 68.1 cm³/mol. The summed E-state index contributed by atoms with van der Waals surface area (Å²) in [5, 5.41) is 3.53. The van der Waals surface area contributed by atoms with Crippen molar-refractivity contribution in [3.05, 3.63) is 34.1 Å². The average Bonchev–Trinajstić information content (AvgIpc) is 2.52. The molecule has 0 amide bonds. The predicted octanol–water partition coefficient (Wildman–Crippen LogP) is 3.66. The molecule has 3 heteroatoms. The van der Waals surface area contributed by atoms with Crippen molar-refractivity contribution in [2.75, 3.05) is 6.54 Å². The quantitative estimate of drug-likeness (QED) is 0.874. The maximum atomic E-state index is 13.1. The molecule has 2 rings (SSSR count). The zero-order valence-electron chi connectivity index (χ0n) is 9.31. The van der Waals surface area contributed by atoms with Crippen LogP contribution < -0.4 is 5.32 Å². The van der Waals surface area contributed by atoms with E-state index in [2.05, 4.69) is 21.2 Å². The molecule has 16 heavy (non-hydrogen) atoms. The fourth-order valence-electron chi connectivity index (χ4n) is 2.24. The van der Waals surface area contributed by atoms with Crippen molar-refractivity contribution >= 4 is 15.9 Å². The normalized spacial score (nSPS) is 21.8. The topological polar surface area (TPSA) is 12.0 Å². The third-order valence-electron chi connectivity index (χ3n) is 3.14. The van der Waals surface area contributed by atoms with Gasteiger partial charge in [0.15, 0.2) is 0 Å². The molecule has 0 spiro atoms. The summed E-state index contributed by atoms with van der Waals surface area (Å²) in [6.07, 6.45) is 5.97. The summed E-state index contributed by atoms with van der Waals surface area (Å²) in [4.78, 5) is 0. The van der Waals surface area contributed by atoms with Gasteiger partial charge >= 0.3 is 0 Å². The van der Waals surface area contributed by atoms with E-state index in [-0.39, 0.29) is 5.82 Å². The van der Waals surface area contributed by atoms with Gasteiger partial charge in [-0.1, -0.05) is 28.8 Å². The van der Waals surface area contributed by atoms with Gasteiger partial charge in [0.2, 0.25) is 0 Å². The molecule has 0 radical (unpaired) electrons. The van der Waals surface area contributed by atoms with Crippen molar-refractivity contribution in [3.63, 3.8) is 0 Å². The Balaban J connectivity index is 2.04. The zero-order chi connectivity index (χ0) is 11.4. The molecule has 1 aliphatic heterocycles. The molecule has 1 saturated heterocycles. The molecule has 1 nitrogen and oxygen atoms in total. The molecule has 1 N–H and O–H groups in total. The lowest BCUT2D eigenvalue weighted by atomic mass is 10.0. The highest BCUT2D eigenvalue weighted by Gasteiger charge is 2.13. The maximum absolute atomic E-state index is 13.1. The fourth-order valence-corrected chi connectivity index (χ4v) is 2.65. The number of hydrogen-bond acceptors (Lipinski definition) is 1. The molecular formula is C13H17BrFN. The molecule has 0 aromatic heterocycles. The van der Waals surface area contributed by atoms with Gasteiger partial charge in [-0.25, -0.2) is 4.39 Å². The Bertz CT molecular complexity index is 346. The van der Waals surface area contributed by atoms with Gasteiger partial charge in [0.1, 0.15) is 5.82 Å². The Kier molecular flexibility index (Phi) is 4.36. The highest BCUT2D eigenvalue weighted by atomic mass is 79.9. The molecule has 1 aliphatic rings. The van der Waals surface area contributed by atoms with E-state index in [4.69, 9.17) is 0 Å². The Morgan fingerprint density at radius 1 is 1.31 bits per heavy atom. The molecule has 1 aromatic rings. The second kappa shape index (κ2) is 5.78. The van der Waals surface area contributed by atoms with Crippen molar-refractivity contribution in [2.45, 2.75) is 38.1 Å². The van der Waals surface area contributed by atoms with E-state index in [9.17, 15) is 4.39 Å². The van der Waals surface area contributed by atoms with Crippen molar-refractivity contribution in [1.29, 1.82) is 0 Å². The van der Waals surface area contributed by atoms with Crippen LogP contribution in [0.4, 0.5) is 4.39 Å². The average molecular weight is 286 g/mol. The first-order chi connectivity index (χ1) is 7.75. The van der Waals surface area contributed by atoms with Gasteiger partial charge in [-0.05, 0) is 49.6 Å². The monoisotopic (exact) mass is 285 g/mol. The number of benzene rings is 1. The SMILES string of the molecule is Fc1ccc(Br)c(CC2CCCCCN2)c1. The Morgan fingerprint density at radius 3 is 3.06 bits per heavy atom. The lowest BCUT2D eigenvalue weighted by molar-refractivity contribution is 0.505. The van der Waals surface area contributed by atoms with Crippen molar-refractivity contribution in [2.24, 2.45) is 0 Å². The largest absolute Gasteiger partial charge is 0.314 e. The third-order valence-corrected chi connectivity index (χ3v) is 3.91. The van der Waals surface area contributed by atoms with Crippen LogP contribution in [0, 0.1) is 5.82 Å². The molecule has 1 atom stereocenters. The first kappa shape index (κ1) is 12.1. The Hall–Kier alpha value is -0.410. The molecule has 1 unspecified atom stereocenters. The minimum atomic E-state index is -0.146. The van der Waals surface area contributed by atoms with E-state index in [1.54, 1.807) is 12.1 Å². The van der Waals surface area contributed by atoms with Crippen molar-refractivity contribution in [3.8, 4) is 0 Å². The molecule has 1 heterocycles. The van der Waals surface area contributed by atoms with Crippen LogP contribution in [0.2, 0.25) is 0 Å². The van der Waals surface area contributed by atoms with Crippen LogP contribution >= 0.6 is 15.9 Å². The molecule has 0 aliphatic carbocycles. The minimum absolute atomic E-state index is 0.146. The second-order valence-electron chi connectivity index (χ2n) is 4.44. The number of hydrogen-bond donors (Lipinski definition) is 1. The van der Waals surface area contributed by atoms with Gasteiger partial charge in [0, 0.05) is 10.5 Å². The first-order valence-corrected chi connectivity index (χ1v) is 6.72. The highest BCUT2D eigenvalue weighted by molar-refractivity contribution is 9.10. The summed E-state index contributed by atoms with van der Waals surface area (Å²) in [6, 6.07) is 5.42. The van der Waals surface area contributed by atoms with Crippen LogP contribution in [0.3, 0.4) is 0 Å². The van der Waals surface area contributed by atoms with Crippen LogP contribution in [-0.4, -0.2) is 12.6 Å². The molecule has 0 bridgehead atoms. The molecular weight excluding hydrogens is 269 g/mol. The molecule has 1 fully saturated rings. The molecule has 88 valence electrons. The van der Waals surface area contributed by atoms with Gasteiger partial charge in [0.25, 0.3) is 0 Å². The Morgan fingerprint density at radius 2 is 2.19 bits per heavy atom. The first-order valence-electron chi connectivity index (χ1n) is 5.93. The number of halogens is 2. The Labute approximate surface area is 105 Å². The summed E-state index contributed by atoms with van der Waals surface area (Å²) in [6.45, 7) is 1.09. The van der Waals surface area contributed by atoms with Crippen molar-refractivity contribution in [1.82, 2.24) is 5.32 Å². The number of nitrogens with one attached hydrogen (secondary N) is 1. The van der Waals surface area contributed by atoms with Gasteiger partial charge in [-0.15, -0.1) is 0 Å². The maximum Gasteiger partial charge on any atom is 0.123 e. The third kappa shape index (κ3) is 3.29. The van der Waals surface area contributed by atoms with E-state index < -0.39 is 0 Å². The summed E-state index contributed by atoms with van der Waals surface area (Å²) >= 11 is 3.48. The lowest BCUT2D eigenvalue weighted by Crippen LogP contribution is -2.30. The van der Waals surface area contributed by atoms with E-state index in [1.807, 2.05) is 0 Å². The summed E-state index contributed by atoms with van der Waals surface area (Å²) < 4.78 is 14.2. The smallest absolute Gasteiger partial charge is 0.123 e. The van der Waals surface area contributed by atoms with Crippen LogP contribution in [-0.2, 0) is 6.42 Å². The van der Waals surface area contributed by atoms with E-state index in [0.29, 0.717) is 6.04 Å². The summed E-state index contributed by atoms with van der Waals surface area (Å²) in [5.74, 6) is -0.146. The van der Waals surface area contributed by atoms with Crippen LogP contribution in [0.1, 0.15) is 31.2 Å². The van der Waals surface area contributed by atoms with Crippen molar-refractivity contribution < 1.29 is 4.39 Å². The van der Waals surface area contributed by atoms with Crippen LogP contribution in [0.15, 0.2) is 22.7 Å². The second-order valence-corrected chi connectivity index (χ2v) is 5.29.